The molecule has 0 amide bonds. The van der Waals surface area contributed by atoms with E-state index in [0.717, 1.165) is 11.0 Å². The topological polar surface area (TPSA) is 12.0 Å². The number of hydrogen-bond donors (Lipinski definition) is 1. The van der Waals surface area contributed by atoms with Gasteiger partial charge in [-0.05, 0) is 55.1 Å². The van der Waals surface area contributed by atoms with Gasteiger partial charge in [0.25, 0.3) is 0 Å². The first-order valence-corrected chi connectivity index (χ1v) is 8.49. The number of hydrogen-bond acceptors (Lipinski definition) is 2. The fourth-order valence-corrected chi connectivity index (χ4v) is 4.36. The van der Waals surface area contributed by atoms with Gasteiger partial charge in [-0.3, -0.25) is 0 Å². The number of fused-ring (bicyclic) bond motifs is 1. The maximum atomic E-state index is 3.62. The van der Waals surface area contributed by atoms with Gasteiger partial charge in [-0.15, -0.1) is 11.3 Å². The second-order valence-corrected chi connectivity index (χ2v) is 7.08. The third-order valence-electron chi connectivity index (χ3n) is 3.66. The Bertz CT molecular complexity index is 537. The number of aryl methyl sites for hydroxylation is 2. The Hall–Kier alpha value is -0.640. The van der Waals surface area contributed by atoms with Crippen LogP contribution in [0.25, 0.3) is 0 Å². The summed E-state index contributed by atoms with van der Waals surface area (Å²) in [6.45, 7) is 3.16. The van der Waals surface area contributed by atoms with Gasteiger partial charge < -0.3 is 5.32 Å². The number of rotatable bonds is 4. The van der Waals surface area contributed by atoms with Crippen molar-refractivity contribution in [3.63, 3.8) is 0 Å². The first kappa shape index (κ1) is 13.3. The monoisotopic (exact) mass is 335 g/mol. The van der Waals surface area contributed by atoms with Crippen LogP contribution in [0.15, 0.2) is 34.8 Å². The van der Waals surface area contributed by atoms with Gasteiger partial charge in [-0.2, -0.15) is 0 Å². The molecule has 1 unspecified atom stereocenters. The average Bonchev–Trinajstić information content (AvgIpc) is 2.98. The first-order valence-electron chi connectivity index (χ1n) is 6.88. The van der Waals surface area contributed by atoms with E-state index in [2.05, 4.69) is 58.5 Å². The van der Waals surface area contributed by atoms with Crippen LogP contribution in [-0.4, -0.2) is 6.54 Å². The molecule has 3 heteroatoms. The van der Waals surface area contributed by atoms with Crippen LogP contribution >= 0.6 is 27.3 Å². The van der Waals surface area contributed by atoms with Gasteiger partial charge in [-0.25, -0.2) is 0 Å². The summed E-state index contributed by atoms with van der Waals surface area (Å²) >= 11 is 5.50. The Labute approximate surface area is 127 Å². The van der Waals surface area contributed by atoms with Crippen molar-refractivity contribution in [1.29, 1.82) is 0 Å². The second-order valence-electron chi connectivity index (χ2n) is 4.99. The maximum Gasteiger partial charge on any atom is 0.0671 e. The Kier molecular flexibility index (Phi) is 4.06. The van der Waals surface area contributed by atoms with Gasteiger partial charge >= 0.3 is 0 Å². The highest BCUT2D eigenvalue weighted by Gasteiger charge is 2.20. The molecular weight excluding hydrogens is 318 g/mol. The molecule has 1 nitrogen and oxygen atoms in total. The summed E-state index contributed by atoms with van der Waals surface area (Å²) < 4.78 is 1.14. The van der Waals surface area contributed by atoms with E-state index in [1.165, 1.54) is 29.7 Å². The largest absolute Gasteiger partial charge is 0.306 e. The van der Waals surface area contributed by atoms with Gasteiger partial charge in [-0.1, -0.05) is 35.0 Å². The van der Waals surface area contributed by atoms with E-state index >= 15 is 0 Å². The molecule has 0 saturated heterocycles. The van der Waals surface area contributed by atoms with Gasteiger partial charge in [0.2, 0.25) is 0 Å². The Morgan fingerprint density at radius 3 is 2.74 bits per heavy atom. The molecule has 1 atom stereocenters. The number of halogens is 1. The highest BCUT2D eigenvalue weighted by Crippen LogP contribution is 2.36. The second kappa shape index (κ2) is 5.78. The van der Waals surface area contributed by atoms with Gasteiger partial charge in [0.1, 0.15) is 0 Å². The van der Waals surface area contributed by atoms with Crippen molar-refractivity contribution < 1.29 is 0 Å². The Balaban J connectivity index is 1.93. The summed E-state index contributed by atoms with van der Waals surface area (Å²) in [7, 11) is 0. The standard InChI is InChI=1S/C16H18BrNS/c1-2-18-16(11-6-8-13(17)9-7-11)15-10-12-4-3-5-14(12)19-15/h6-10,16,18H,2-5H2,1H3. The molecule has 0 saturated carbocycles. The smallest absolute Gasteiger partial charge is 0.0671 e. The summed E-state index contributed by atoms with van der Waals surface area (Å²) in [5.41, 5.74) is 2.94. The predicted octanol–water partition coefficient (Wildman–Crippen LogP) is 4.70. The van der Waals surface area contributed by atoms with Gasteiger partial charge in [0.05, 0.1) is 6.04 Å². The molecule has 100 valence electrons. The molecule has 1 heterocycles. The van der Waals surface area contributed by atoms with Crippen molar-refractivity contribution in [2.75, 3.05) is 6.54 Å². The van der Waals surface area contributed by atoms with Gasteiger partial charge in [0, 0.05) is 14.2 Å². The van der Waals surface area contributed by atoms with Crippen LogP contribution in [0.4, 0.5) is 0 Å². The molecule has 0 aliphatic heterocycles. The lowest BCUT2D eigenvalue weighted by Crippen LogP contribution is -2.21. The zero-order valence-electron chi connectivity index (χ0n) is 11.1. The molecule has 3 rings (SSSR count). The normalized spacial score (nSPS) is 15.5. The van der Waals surface area contributed by atoms with Crippen molar-refractivity contribution in [3.05, 3.63) is 55.7 Å². The molecule has 1 aromatic carbocycles. The van der Waals surface area contributed by atoms with E-state index < -0.39 is 0 Å². The van der Waals surface area contributed by atoms with Crippen molar-refractivity contribution in [2.24, 2.45) is 0 Å². The third kappa shape index (κ3) is 2.78. The predicted molar refractivity (Wildman–Crippen MR) is 86.0 cm³/mol. The molecule has 1 aliphatic rings. The zero-order chi connectivity index (χ0) is 13.2. The molecule has 1 aliphatic carbocycles. The van der Waals surface area contributed by atoms with E-state index in [-0.39, 0.29) is 0 Å². The lowest BCUT2D eigenvalue weighted by Gasteiger charge is -2.17. The SMILES string of the molecule is CCNC(c1ccc(Br)cc1)c1cc2c(s1)CCC2. The van der Waals surface area contributed by atoms with Crippen LogP contribution in [0.5, 0.6) is 0 Å². The number of nitrogens with one attached hydrogen (secondary N) is 1. The van der Waals surface area contributed by atoms with Gasteiger partial charge in [0.15, 0.2) is 0 Å². The lowest BCUT2D eigenvalue weighted by atomic mass is 10.0. The molecule has 0 bridgehead atoms. The Morgan fingerprint density at radius 1 is 1.26 bits per heavy atom. The average molecular weight is 336 g/mol. The van der Waals surface area contributed by atoms with Crippen molar-refractivity contribution >= 4 is 27.3 Å². The summed E-state index contributed by atoms with van der Waals surface area (Å²) in [6, 6.07) is 11.4. The van der Waals surface area contributed by atoms with E-state index in [4.69, 9.17) is 0 Å². The zero-order valence-corrected chi connectivity index (χ0v) is 13.5. The summed E-state index contributed by atoms with van der Waals surface area (Å²) in [4.78, 5) is 3.07. The minimum atomic E-state index is 0.341. The molecule has 1 aromatic heterocycles. The van der Waals surface area contributed by atoms with Crippen LogP contribution in [0.2, 0.25) is 0 Å². The number of benzene rings is 1. The van der Waals surface area contributed by atoms with E-state index in [1.54, 1.807) is 10.4 Å². The minimum Gasteiger partial charge on any atom is -0.306 e. The molecule has 0 fully saturated rings. The molecule has 19 heavy (non-hydrogen) atoms. The van der Waals surface area contributed by atoms with Crippen LogP contribution in [0, 0.1) is 0 Å². The summed E-state index contributed by atoms with van der Waals surface area (Å²) in [6.07, 6.45) is 3.88. The fourth-order valence-electron chi connectivity index (χ4n) is 2.74. The van der Waals surface area contributed by atoms with Crippen molar-refractivity contribution in [3.8, 4) is 0 Å². The molecule has 0 radical (unpaired) electrons. The molecule has 1 N–H and O–H groups in total. The van der Waals surface area contributed by atoms with E-state index in [9.17, 15) is 0 Å². The number of thiophene rings is 1. The quantitative estimate of drug-likeness (QED) is 0.853. The molecule has 2 aromatic rings. The third-order valence-corrected chi connectivity index (χ3v) is 5.49. The highest BCUT2D eigenvalue weighted by atomic mass is 79.9. The highest BCUT2D eigenvalue weighted by molar-refractivity contribution is 9.10. The van der Waals surface area contributed by atoms with Crippen molar-refractivity contribution in [1.82, 2.24) is 5.32 Å². The lowest BCUT2D eigenvalue weighted by molar-refractivity contribution is 0.639. The van der Waals surface area contributed by atoms with Crippen LogP contribution in [0.1, 0.15) is 40.3 Å². The van der Waals surface area contributed by atoms with Crippen LogP contribution < -0.4 is 5.32 Å². The van der Waals surface area contributed by atoms with Crippen LogP contribution in [0.3, 0.4) is 0 Å². The first-order chi connectivity index (χ1) is 9.28. The van der Waals surface area contributed by atoms with Crippen molar-refractivity contribution in [2.45, 2.75) is 32.2 Å². The minimum absolute atomic E-state index is 0.341. The fraction of sp³-hybridized carbons (Fsp3) is 0.375. The maximum absolute atomic E-state index is 3.62. The Morgan fingerprint density at radius 2 is 2.05 bits per heavy atom. The molecule has 0 spiro atoms. The van der Waals surface area contributed by atoms with E-state index in [0.29, 0.717) is 6.04 Å². The summed E-state index contributed by atoms with van der Waals surface area (Å²) in [5, 5.41) is 3.62. The van der Waals surface area contributed by atoms with E-state index in [1.807, 2.05) is 11.3 Å². The summed E-state index contributed by atoms with van der Waals surface area (Å²) in [5.74, 6) is 0. The molecular formula is C16H18BrNS. The van der Waals surface area contributed by atoms with Crippen LogP contribution in [-0.2, 0) is 12.8 Å².